The number of rotatable bonds is 4. The van der Waals surface area contributed by atoms with Crippen LogP contribution in [0.3, 0.4) is 0 Å². The molecule has 0 saturated heterocycles. The predicted molar refractivity (Wildman–Crippen MR) is 71.0 cm³/mol. The minimum absolute atomic E-state index is 0.363. The number of hydrogen-bond donors (Lipinski definition) is 0. The number of nitrogens with zero attached hydrogens (tertiary/aromatic N) is 1. The third-order valence-electron chi connectivity index (χ3n) is 2.26. The number of hydrogen-bond acceptors (Lipinski definition) is 2. The van der Waals surface area contributed by atoms with Crippen LogP contribution in [0.5, 0.6) is 0 Å². The van der Waals surface area contributed by atoms with Crippen molar-refractivity contribution in [3.8, 4) is 0 Å². The fourth-order valence-corrected chi connectivity index (χ4v) is 1.65. The lowest BCUT2D eigenvalue weighted by Gasteiger charge is -1.95. The first-order valence-electron chi connectivity index (χ1n) is 5.15. The Kier molecular flexibility index (Phi) is 4.24. The van der Waals surface area contributed by atoms with Gasteiger partial charge in [-0.1, -0.05) is 24.3 Å². The van der Waals surface area contributed by atoms with Gasteiger partial charge in [-0.15, -0.1) is 23.2 Å². The van der Waals surface area contributed by atoms with Gasteiger partial charge in [0.25, 0.3) is 0 Å². The van der Waals surface area contributed by atoms with E-state index in [4.69, 9.17) is 27.6 Å². The first-order valence-corrected chi connectivity index (χ1v) is 6.22. The van der Waals surface area contributed by atoms with Crippen LogP contribution in [0.4, 0.5) is 0 Å². The molecule has 17 heavy (non-hydrogen) atoms. The second-order valence-electron chi connectivity index (χ2n) is 3.52. The monoisotopic (exact) mass is 267 g/mol. The normalized spacial score (nSPS) is 11.2. The number of aromatic nitrogens is 1. The summed E-state index contributed by atoms with van der Waals surface area (Å²) in [5.41, 5.74) is 2.91. The topological polar surface area (TPSA) is 26.0 Å². The SMILES string of the molecule is ClCc1ccc(C=Cc2nc(CCl)co2)cc1. The van der Waals surface area contributed by atoms with Crippen molar-refractivity contribution in [1.29, 1.82) is 0 Å². The Labute approximate surface area is 110 Å². The summed E-state index contributed by atoms with van der Waals surface area (Å²) in [6, 6.07) is 7.98. The molecule has 0 radical (unpaired) electrons. The molecule has 0 bridgehead atoms. The van der Waals surface area contributed by atoms with E-state index in [1.54, 1.807) is 6.26 Å². The standard InChI is InChI=1S/C13H11Cl2NO/c14-7-11-3-1-10(2-4-11)5-6-13-16-12(8-15)9-17-13/h1-6,9H,7-8H2. The molecule has 0 spiro atoms. The zero-order chi connectivity index (χ0) is 12.1. The first kappa shape index (κ1) is 12.2. The molecule has 0 aliphatic rings. The van der Waals surface area contributed by atoms with Crippen LogP contribution in [0.15, 0.2) is 34.9 Å². The average Bonchev–Trinajstić information content (AvgIpc) is 2.85. The summed E-state index contributed by atoms with van der Waals surface area (Å²) in [7, 11) is 0. The van der Waals surface area contributed by atoms with Gasteiger partial charge in [-0.25, -0.2) is 4.98 Å². The van der Waals surface area contributed by atoms with Gasteiger partial charge in [0, 0.05) is 12.0 Å². The van der Waals surface area contributed by atoms with E-state index in [9.17, 15) is 0 Å². The van der Waals surface area contributed by atoms with Crippen LogP contribution in [-0.4, -0.2) is 4.98 Å². The van der Waals surface area contributed by atoms with E-state index in [1.165, 1.54) is 0 Å². The maximum absolute atomic E-state index is 5.72. The molecule has 0 amide bonds. The largest absolute Gasteiger partial charge is 0.445 e. The van der Waals surface area contributed by atoms with E-state index in [1.807, 2.05) is 36.4 Å². The lowest BCUT2D eigenvalue weighted by Crippen LogP contribution is -1.78. The highest BCUT2D eigenvalue weighted by Crippen LogP contribution is 2.11. The van der Waals surface area contributed by atoms with Crippen LogP contribution >= 0.6 is 23.2 Å². The molecule has 0 saturated carbocycles. The summed E-state index contributed by atoms with van der Waals surface area (Å²) < 4.78 is 5.22. The van der Waals surface area contributed by atoms with Gasteiger partial charge < -0.3 is 4.42 Å². The molecular formula is C13H11Cl2NO. The Hall–Kier alpha value is -1.25. The molecular weight excluding hydrogens is 257 g/mol. The van der Waals surface area contributed by atoms with E-state index in [0.717, 1.165) is 16.8 Å². The van der Waals surface area contributed by atoms with Gasteiger partial charge in [0.1, 0.15) is 6.26 Å². The Morgan fingerprint density at radius 3 is 2.41 bits per heavy atom. The van der Waals surface area contributed by atoms with E-state index in [2.05, 4.69) is 4.98 Å². The summed E-state index contributed by atoms with van der Waals surface area (Å²) in [5.74, 6) is 1.45. The van der Waals surface area contributed by atoms with E-state index in [-0.39, 0.29) is 0 Å². The second kappa shape index (κ2) is 5.89. The Morgan fingerprint density at radius 1 is 1.06 bits per heavy atom. The second-order valence-corrected chi connectivity index (χ2v) is 4.05. The quantitative estimate of drug-likeness (QED) is 0.771. The predicted octanol–water partition coefficient (Wildman–Crippen LogP) is 4.32. The molecule has 2 aromatic rings. The first-order chi connectivity index (χ1) is 8.31. The van der Waals surface area contributed by atoms with Gasteiger partial charge in [-0.3, -0.25) is 0 Å². The minimum Gasteiger partial charge on any atom is -0.445 e. The lowest BCUT2D eigenvalue weighted by atomic mass is 10.1. The van der Waals surface area contributed by atoms with Crippen molar-refractivity contribution in [3.63, 3.8) is 0 Å². The molecule has 0 aliphatic carbocycles. The van der Waals surface area contributed by atoms with Crippen molar-refractivity contribution in [2.75, 3.05) is 0 Å². The molecule has 1 aromatic heterocycles. The molecule has 2 rings (SSSR count). The highest BCUT2D eigenvalue weighted by atomic mass is 35.5. The molecule has 0 N–H and O–H groups in total. The number of alkyl halides is 2. The van der Waals surface area contributed by atoms with Crippen LogP contribution in [0.1, 0.15) is 22.7 Å². The molecule has 1 aromatic carbocycles. The zero-order valence-electron chi connectivity index (χ0n) is 9.07. The summed E-state index contributed by atoms with van der Waals surface area (Å²) in [6.45, 7) is 0. The highest BCUT2D eigenvalue weighted by Gasteiger charge is 1.98. The fourth-order valence-electron chi connectivity index (χ4n) is 1.35. The lowest BCUT2D eigenvalue weighted by molar-refractivity contribution is 0.546. The van der Waals surface area contributed by atoms with E-state index in [0.29, 0.717) is 17.7 Å². The number of oxazole rings is 1. The van der Waals surface area contributed by atoms with Crippen molar-refractivity contribution >= 4 is 35.4 Å². The van der Waals surface area contributed by atoms with Crippen molar-refractivity contribution in [3.05, 3.63) is 53.2 Å². The van der Waals surface area contributed by atoms with Crippen molar-refractivity contribution in [2.45, 2.75) is 11.8 Å². The number of benzene rings is 1. The molecule has 0 fully saturated rings. The zero-order valence-corrected chi connectivity index (χ0v) is 10.6. The summed E-state index contributed by atoms with van der Waals surface area (Å²) >= 11 is 11.3. The molecule has 88 valence electrons. The summed E-state index contributed by atoms with van der Waals surface area (Å²) in [4.78, 5) is 4.17. The minimum atomic E-state index is 0.363. The van der Waals surface area contributed by atoms with Crippen LogP contribution in [-0.2, 0) is 11.8 Å². The highest BCUT2D eigenvalue weighted by molar-refractivity contribution is 6.17. The van der Waals surface area contributed by atoms with Gasteiger partial charge in [0.05, 0.1) is 11.6 Å². The van der Waals surface area contributed by atoms with Crippen LogP contribution in [0.25, 0.3) is 12.2 Å². The van der Waals surface area contributed by atoms with Crippen LogP contribution in [0.2, 0.25) is 0 Å². The Morgan fingerprint density at radius 2 is 1.82 bits per heavy atom. The maximum Gasteiger partial charge on any atom is 0.218 e. The maximum atomic E-state index is 5.72. The molecule has 0 atom stereocenters. The molecule has 0 aliphatic heterocycles. The molecule has 2 nitrogen and oxygen atoms in total. The Bertz CT molecular complexity index is 502. The van der Waals surface area contributed by atoms with Gasteiger partial charge >= 0.3 is 0 Å². The van der Waals surface area contributed by atoms with Gasteiger partial charge in [-0.2, -0.15) is 0 Å². The van der Waals surface area contributed by atoms with E-state index < -0.39 is 0 Å². The summed E-state index contributed by atoms with van der Waals surface area (Å²) in [6.07, 6.45) is 5.30. The van der Waals surface area contributed by atoms with Crippen molar-refractivity contribution in [1.82, 2.24) is 4.98 Å². The van der Waals surface area contributed by atoms with Crippen LogP contribution in [0, 0.1) is 0 Å². The fraction of sp³-hybridized carbons (Fsp3) is 0.154. The van der Waals surface area contributed by atoms with Crippen LogP contribution < -0.4 is 0 Å². The molecule has 1 heterocycles. The molecule has 4 heteroatoms. The van der Waals surface area contributed by atoms with Crippen molar-refractivity contribution < 1.29 is 4.42 Å². The smallest absolute Gasteiger partial charge is 0.218 e. The molecule has 0 unspecified atom stereocenters. The number of halogens is 2. The van der Waals surface area contributed by atoms with Gasteiger partial charge in [0.2, 0.25) is 5.89 Å². The Balaban J connectivity index is 2.08. The van der Waals surface area contributed by atoms with Gasteiger partial charge in [-0.05, 0) is 17.2 Å². The third kappa shape index (κ3) is 3.35. The van der Waals surface area contributed by atoms with E-state index >= 15 is 0 Å². The average molecular weight is 268 g/mol. The summed E-state index contributed by atoms with van der Waals surface area (Å²) in [5, 5.41) is 0. The third-order valence-corrected chi connectivity index (χ3v) is 2.84. The van der Waals surface area contributed by atoms with Crippen molar-refractivity contribution in [2.24, 2.45) is 0 Å². The van der Waals surface area contributed by atoms with Gasteiger partial charge in [0.15, 0.2) is 0 Å².